The summed E-state index contributed by atoms with van der Waals surface area (Å²) in [6.45, 7) is 7.68. The van der Waals surface area contributed by atoms with Crippen LogP contribution in [0.25, 0.3) is 16.9 Å². The molecule has 1 saturated heterocycles. The summed E-state index contributed by atoms with van der Waals surface area (Å²) < 4.78 is 8.26. The number of rotatable bonds is 7. The Labute approximate surface area is 190 Å². The number of carbonyl (C=O) groups excluding carboxylic acids is 1. The molecule has 166 valence electrons. The molecule has 1 aliphatic heterocycles. The van der Waals surface area contributed by atoms with Gasteiger partial charge in [-0.25, -0.2) is 9.97 Å². The fourth-order valence-electron chi connectivity index (χ4n) is 4.30. The summed E-state index contributed by atoms with van der Waals surface area (Å²) in [4.78, 5) is 22.5. The van der Waals surface area contributed by atoms with Gasteiger partial charge in [-0.05, 0) is 49.8 Å². The van der Waals surface area contributed by atoms with E-state index < -0.39 is 0 Å². The van der Waals surface area contributed by atoms with E-state index in [0.29, 0.717) is 5.82 Å². The molecule has 0 radical (unpaired) electrons. The van der Waals surface area contributed by atoms with Gasteiger partial charge in [-0.3, -0.25) is 14.0 Å². The summed E-state index contributed by atoms with van der Waals surface area (Å²) in [7, 11) is 0. The number of fused-ring (bicyclic) bond motifs is 1. The van der Waals surface area contributed by atoms with Gasteiger partial charge < -0.3 is 10.1 Å². The molecule has 1 N–H and O–H groups in total. The van der Waals surface area contributed by atoms with Crippen molar-refractivity contribution in [2.45, 2.75) is 39.8 Å². The number of aldehydes is 1. The number of carbonyl (C=O) groups is 1. The maximum Gasteiger partial charge on any atom is 0.180 e. The Morgan fingerprint density at radius 2 is 2.22 bits per heavy atom. The molecule has 5 rings (SSSR count). The van der Waals surface area contributed by atoms with E-state index in [0.717, 1.165) is 65.1 Å². The highest BCUT2D eigenvalue weighted by Crippen LogP contribution is 2.28. The fourth-order valence-corrected chi connectivity index (χ4v) is 4.96. The van der Waals surface area contributed by atoms with Gasteiger partial charge in [-0.1, -0.05) is 6.92 Å². The molecule has 32 heavy (non-hydrogen) atoms. The van der Waals surface area contributed by atoms with Gasteiger partial charge in [0.2, 0.25) is 0 Å². The SMILES string of the molecule is Cc1cn2c(-c3cnn(CC=O)c3)cnc2c(Nc2cc(CN3CCC[C@H](C)C3)ns2)n1. The molecule has 0 aliphatic carbocycles. The van der Waals surface area contributed by atoms with Crippen molar-refractivity contribution >= 4 is 34.3 Å². The molecule has 0 saturated carbocycles. The Hall–Kier alpha value is -3.11. The van der Waals surface area contributed by atoms with E-state index >= 15 is 0 Å². The van der Waals surface area contributed by atoms with Crippen LogP contribution >= 0.6 is 11.5 Å². The summed E-state index contributed by atoms with van der Waals surface area (Å²) in [6.07, 6.45) is 10.8. The fraction of sp³-hybridized carbons (Fsp3) is 0.409. The highest BCUT2D eigenvalue weighted by Gasteiger charge is 2.18. The van der Waals surface area contributed by atoms with E-state index in [1.165, 1.54) is 24.4 Å². The zero-order valence-electron chi connectivity index (χ0n) is 18.2. The van der Waals surface area contributed by atoms with Crippen molar-refractivity contribution in [3.63, 3.8) is 0 Å². The van der Waals surface area contributed by atoms with Crippen LogP contribution in [-0.2, 0) is 17.9 Å². The van der Waals surface area contributed by atoms with E-state index in [1.54, 1.807) is 17.1 Å². The molecule has 0 spiro atoms. The molecular weight excluding hydrogens is 424 g/mol. The van der Waals surface area contributed by atoms with E-state index in [-0.39, 0.29) is 6.54 Å². The lowest BCUT2D eigenvalue weighted by Crippen LogP contribution is -2.33. The van der Waals surface area contributed by atoms with Crippen molar-refractivity contribution < 1.29 is 4.79 Å². The van der Waals surface area contributed by atoms with Crippen LogP contribution in [-0.4, -0.2) is 52.8 Å². The molecule has 0 aromatic carbocycles. The lowest BCUT2D eigenvalue weighted by atomic mass is 10.0. The number of piperidine rings is 1. The van der Waals surface area contributed by atoms with Gasteiger partial charge >= 0.3 is 0 Å². The van der Waals surface area contributed by atoms with Crippen molar-refractivity contribution in [1.29, 1.82) is 0 Å². The first kappa shape index (κ1) is 20.8. The molecule has 0 unspecified atom stereocenters. The molecule has 1 atom stereocenters. The number of likely N-dealkylation sites (tertiary alicyclic amines) is 1. The van der Waals surface area contributed by atoms with E-state index in [4.69, 9.17) is 0 Å². The highest BCUT2D eigenvalue weighted by atomic mass is 32.1. The molecule has 1 fully saturated rings. The van der Waals surface area contributed by atoms with E-state index in [1.807, 2.05) is 23.7 Å². The molecule has 5 heterocycles. The van der Waals surface area contributed by atoms with Crippen LogP contribution in [0.2, 0.25) is 0 Å². The van der Waals surface area contributed by atoms with Gasteiger partial charge in [0.1, 0.15) is 11.3 Å². The Kier molecular flexibility index (Phi) is 5.71. The topological polar surface area (TPSA) is 93.2 Å². The Bertz CT molecular complexity index is 1240. The van der Waals surface area contributed by atoms with Crippen LogP contribution in [0.3, 0.4) is 0 Å². The molecule has 10 heteroatoms. The van der Waals surface area contributed by atoms with Crippen LogP contribution in [0, 0.1) is 12.8 Å². The van der Waals surface area contributed by atoms with Crippen LogP contribution in [0.4, 0.5) is 10.8 Å². The summed E-state index contributed by atoms with van der Waals surface area (Å²) in [5.41, 5.74) is 4.48. The quantitative estimate of drug-likeness (QED) is 0.431. The van der Waals surface area contributed by atoms with Crippen molar-refractivity contribution in [1.82, 2.24) is 33.4 Å². The molecule has 0 bridgehead atoms. The average molecular weight is 451 g/mol. The normalized spacial score (nSPS) is 17.1. The predicted molar refractivity (Wildman–Crippen MR) is 124 cm³/mol. The highest BCUT2D eigenvalue weighted by molar-refractivity contribution is 7.10. The molecule has 1 aliphatic rings. The van der Waals surface area contributed by atoms with Crippen LogP contribution in [0.1, 0.15) is 31.2 Å². The second kappa shape index (κ2) is 8.79. The third-order valence-electron chi connectivity index (χ3n) is 5.73. The second-order valence-corrected chi connectivity index (χ2v) is 9.28. The van der Waals surface area contributed by atoms with Crippen molar-refractivity contribution in [2.24, 2.45) is 5.92 Å². The number of anilines is 2. The number of hydrogen-bond acceptors (Lipinski definition) is 8. The van der Waals surface area contributed by atoms with Gasteiger partial charge in [-0.15, -0.1) is 0 Å². The van der Waals surface area contributed by atoms with E-state index in [2.05, 4.69) is 42.6 Å². The van der Waals surface area contributed by atoms with E-state index in [9.17, 15) is 4.79 Å². The second-order valence-electron chi connectivity index (χ2n) is 8.48. The number of nitrogens with one attached hydrogen (secondary N) is 1. The number of hydrogen-bond donors (Lipinski definition) is 1. The number of aryl methyl sites for hydroxylation is 1. The lowest BCUT2D eigenvalue weighted by Gasteiger charge is -2.30. The zero-order chi connectivity index (χ0) is 22.1. The Morgan fingerprint density at radius 3 is 3.06 bits per heavy atom. The summed E-state index contributed by atoms with van der Waals surface area (Å²) >= 11 is 1.45. The monoisotopic (exact) mass is 450 g/mol. The van der Waals surface area contributed by atoms with Crippen LogP contribution < -0.4 is 5.32 Å². The molecule has 4 aromatic heterocycles. The summed E-state index contributed by atoms with van der Waals surface area (Å²) in [6, 6.07) is 2.11. The minimum Gasteiger partial charge on any atom is -0.328 e. The van der Waals surface area contributed by atoms with Crippen molar-refractivity contribution in [3.8, 4) is 11.3 Å². The minimum atomic E-state index is 0.230. The predicted octanol–water partition coefficient (Wildman–Crippen LogP) is 3.53. The first-order valence-electron chi connectivity index (χ1n) is 10.8. The first-order chi connectivity index (χ1) is 15.6. The van der Waals surface area contributed by atoms with Crippen molar-refractivity contribution in [3.05, 3.63) is 42.2 Å². The maximum atomic E-state index is 10.8. The van der Waals surface area contributed by atoms with Crippen LogP contribution in [0.5, 0.6) is 0 Å². The minimum absolute atomic E-state index is 0.230. The van der Waals surface area contributed by atoms with Gasteiger partial charge in [0.05, 0.1) is 36.0 Å². The smallest absolute Gasteiger partial charge is 0.180 e. The average Bonchev–Trinajstić information content (AvgIpc) is 3.48. The summed E-state index contributed by atoms with van der Waals surface area (Å²) in [5, 5.41) is 8.61. The Balaban J connectivity index is 1.38. The van der Waals surface area contributed by atoms with Gasteiger partial charge in [0.15, 0.2) is 11.5 Å². The number of aromatic nitrogens is 6. The van der Waals surface area contributed by atoms with Gasteiger partial charge in [-0.2, -0.15) is 9.47 Å². The third kappa shape index (κ3) is 4.28. The van der Waals surface area contributed by atoms with Crippen molar-refractivity contribution in [2.75, 3.05) is 18.4 Å². The standard InChI is InChI=1S/C22H26N8OS/c1-15-4-3-5-28(11-15)14-18-8-20(32-27-18)26-21-22-23-10-19(30(22)12-16(2)25-21)17-9-24-29(13-17)6-7-31/h7-10,12-13,15H,3-6,11,14H2,1-2H3,(H,25,26)/t15-/m0/s1. The van der Waals surface area contributed by atoms with Gasteiger partial charge in [0, 0.05) is 31.0 Å². The largest absolute Gasteiger partial charge is 0.328 e. The molecular formula is C22H26N8OS. The maximum absolute atomic E-state index is 10.8. The summed E-state index contributed by atoms with van der Waals surface area (Å²) in [5.74, 6) is 1.45. The number of imidazole rings is 1. The van der Waals surface area contributed by atoms with Gasteiger partial charge in [0.25, 0.3) is 0 Å². The lowest BCUT2D eigenvalue weighted by molar-refractivity contribution is -0.108. The molecule has 4 aromatic rings. The van der Waals surface area contributed by atoms with Crippen LogP contribution in [0.15, 0.2) is 30.9 Å². The number of nitrogens with zero attached hydrogens (tertiary/aromatic N) is 7. The zero-order valence-corrected chi connectivity index (χ0v) is 19.0. The Morgan fingerprint density at radius 1 is 1.31 bits per heavy atom. The molecule has 9 nitrogen and oxygen atoms in total. The first-order valence-corrected chi connectivity index (χ1v) is 11.6. The third-order valence-corrected chi connectivity index (χ3v) is 6.47. The molecule has 0 amide bonds.